The van der Waals surface area contributed by atoms with Crippen LogP contribution in [0.4, 0.5) is 0 Å². The second kappa shape index (κ2) is 7.24. The third-order valence-electron chi connectivity index (χ3n) is 1.71. The van der Waals surface area contributed by atoms with E-state index in [2.05, 4.69) is 10.1 Å². The monoisotopic (exact) mass is 246 g/mol. The zero-order valence-electron chi connectivity index (χ0n) is 9.01. The van der Waals surface area contributed by atoms with Crippen LogP contribution in [0.1, 0.15) is 18.1 Å². The van der Waals surface area contributed by atoms with E-state index in [0.29, 0.717) is 30.5 Å². The number of carboxylic acid groups (broad SMARTS) is 1. The molecule has 6 nitrogen and oxygen atoms in total. The molecule has 0 aliphatic carbocycles. The number of carboxylic acids is 1. The van der Waals surface area contributed by atoms with Crippen molar-refractivity contribution in [1.82, 2.24) is 10.1 Å². The number of carbonyl (C=O) groups is 1. The van der Waals surface area contributed by atoms with E-state index >= 15 is 0 Å². The van der Waals surface area contributed by atoms with Gasteiger partial charge in [-0.2, -0.15) is 4.98 Å². The van der Waals surface area contributed by atoms with Gasteiger partial charge in [-0.3, -0.25) is 4.79 Å². The molecular formula is C9H14N2O4S. The highest BCUT2D eigenvalue weighted by molar-refractivity contribution is 7.99. The average Bonchev–Trinajstić information content (AvgIpc) is 2.66. The molecule has 1 N–H and O–H groups in total. The van der Waals surface area contributed by atoms with Gasteiger partial charge < -0.3 is 14.4 Å². The van der Waals surface area contributed by atoms with Crippen molar-refractivity contribution in [2.24, 2.45) is 0 Å². The molecule has 0 saturated heterocycles. The summed E-state index contributed by atoms with van der Waals surface area (Å²) in [5.41, 5.74) is 0. The number of hydrogen-bond acceptors (Lipinski definition) is 6. The summed E-state index contributed by atoms with van der Waals surface area (Å²) in [4.78, 5) is 14.4. The third-order valence-corrected chi connectivity index (χ3v) is 2.61. The van der Waals surface area contributed by atoms with Crippen molar-refractivity contribution >= 4 is 17.7 Å². The molecule has 0 unspecified atom stereocenters. The van der Waals surface area contributed by atoms with Crippen molar-refractivity contribution in [3.63, 3.8) is 0 Å². The van der Waals surface area contributed by atoms with Gasteiger partial charge in [-0.15, -0.1) is 11.8 Å². The third kappa shape index (κ3) is 5.13. The Kier molecular flexibility index (Phi) is 5.87. The van der Waals surface area contributed by atoms with Crippen LogP contribution in [-0.2, 0) is 21.7 Å². The lowest BCUT2D eigenvalue weighted by Crippen LogP contribution is -1.98. The Balaban J connectivity index is 2.25. The molecule has 0 radical (unpaired) electrons. The first kappa shape index (κ1) is 13.0. The predicted octanol–water partition coefficient (Wildman–Crippen LogP) is 0.966. The summed E-state index contributed by atoms with van der Waals surface area (Å²) in [6, 6.07) is 0. The van der Waals surface area contributed by atoms with Gasteiger partial charge in [0.05, 0.1) is 11.5 Å². The Morgan fingerprint density at radius 2 is 2.44 bits per heavy atom. The van der Waals surface area contributed by atoms with E-state index < -0.39 is 5.97 Å². The molecule has 90 valence electrons. The molecular weight excluding hydrogens is 232 g/mol. The number of thioether (sulfide) groups is 1. The summed E-state index contributed by atoms with van der Waals surface area (Å²) < 4.78 is 9.87. The van der Waals surface area contributed by atoms with Gasteiger partial charge in [0.1, 0.15) is 0 Å². The summed E-state index contributed by atoms with van der Waals surface area (Å²) in [5.74, 6) is 0.747. The second-order valence-corrected chi connectivity index (χ2v) is 4.07. The number of nitrogens with zero attached hydrogens (tertiary/aromatic N) is 2. The maximum Gasteiger partial charge on any atom is 0.313 e. The lowest BCUT2D eigenvalue weighted by Gasteiger charge is -1.93. The van der Waals surface area contributed by atoms with Crippen LogP contribution in [0.15, 0.2) is 4.52 Å². The van der Waals surface area contributed by atoms with Gasteiger partial charge in [-0.25, -0.2) is 0 Å². The van der Waals surface area contributed by atoms with E-state index in [-0.39, 0.29) is 5.75 Å². The van der Waals surface area contributed by atoms with E-state index in [1.54, 1.807) is 7.11 Å². The molecule has 0 amide bonds. The topological polar surface area (TPSA) is 85.5 Å². The minimum absolute atomic E-state index is 0.0430. The Morgan fingerprint density at radius 3 is 3.12 bits per heavy atom. The van der Waals surface area contributed by atoms with Gasteiger partial charge in [-0.1, -0.05) is 5.16 Å². The van der Waals surface area contributed by atoms with Crippen molar-refractivity contribution in [2.45, 2.75) is 18.6 Å². The van der Waals surface area contributed by atoms with E-state index in [1.807, 2.05) is 0 Å². The van der Waals surface area contributed by atoms with Crippen molar-refractivity contribution in [3.05, 3.63) is 11.7 Å². The summed E-state index contributed by atoms with van der Waals surface area (Å²) >= 11 is 1.24. The van der Waals surface area contributed by atoms with Crippen LogP contribution in [0.2, 0.25) is 0 Å². The number of ether oxygens (including phenoxy) is 1. The largest absolute Gasteiger partial charge is 0.481 e. The maximum atomic E-state index is 10.3. The zero-order valence-corrected chi connectivity index (χ0v) is 9.83. The minimum atomic E-state index is -0.843. The predicted molar refractivity (Wildman–Crippen MR) is 58.3 cm³/mol. The first-order valence-electron chi connectivity index (χ1n) is 4.82. The molecule has 0 aliphatic heterocycles. The molecule has 0 spiro atoms. The molecule has 0 aromatic carbocycles. The average molecular weight is 246 g/mol. The summed E-state index contributed by atoms with van der Waals surface area (Å²) in [7, 11) is 1.64. The lowest BCUT2D eigenvalue weighted by atomic mass is 10.3. The lowest BCUT2D eigenvalue weighted by molar-refractivity contribution is -0.133. The summed E-state index contributed by atoms with van der Waals surface area (Å²) in [6.45, 7) is 0.664. The normalized spacial score (nSPS) is 10.6. The van der Waals surface area contributed by atoms with Crippen LogP contribution in [0.25, 0.3) is 0 Å². The van der Waals surface area contributed by atoms with Gasteiger partial charge in [-0.05, 0) is 6.42 Å². The van der Waals surface area contributed by atoms with Crippen LogP contribution >= 0.6 is 11.8 Å². The molecule has 7 heteroatoms. The van der Waals surface area contributed by atoms with Crippen molar-refractivity contribution in [1.29, 1.82) is 0 Å². The quantitative estimate of drug-likeness (QED) is 0.684. The number of aromatic nitrogens is 2. The zero-order chi connectivity index (χ0) is 11.8. The fourth-order valence-corrected chi connectivity index (χ4v) is 1.62. The van der Waals surface area contributed by atoms with Gasteiger partial charge >= 0.3 is 5.97 Å². The number of aliphatic carboxylic acids is 1. The minimum Gasteiger partial charge on any atom is -0.481 e. The van der Waals surface area contributed by atoms with Gasteiger partial charge in [0.15, 0.2) is 5.82 Å². The van der Waals surface area contributed by atoms with E-state index in [0.717, 1.165) is 6.42 Å². The van der Waals surface area contributed by atoms with Crippen molar-refractivity contribution in [2.75, 3.05) is 19.5 Å². The molecule has 1 rings (SSSR count). The molecule has 0 aliphatic rings. The molecule has 0 bridgehead atoms. The SMILES string of the molecule is COCCCc1noc(CSCC(=O)O)n1. The molecule has 16 heavy (non-hydrogen) atoms. The van der Waals surface area contributed by atoms with E-state index in [4.69, 9.17) is 14.4 Å². The molecule has 1 aromatic rings. The highest BCUT2D eigenvalue weighted by Gasteiger charge is 2.07. The second-order valence-electron chi connectivity index (χ2n) is 3.09. The first-order valence-corrected chi connectivity index (χ1v) is 5.97. The van der Waals surface area contributed by atoms with Crippen molar-refractivity contribution in [3.8, 4) is 0 Å². The molecule has 1 aromatic heterocycles. The molecule has 0 saturated carbocycles. The van der Waals surface area contributed by atoms with Crippen molar-refractivity contribution < 1.29 is 19.2 Å². The Bertz CT molecular complexity index is 329. The van der Waals surface area contributed by atoms with Crippen LogP contribution in [0.3, 0.4) is 0 Å². The summed E-state index contributed by atoms with van der Waals surface area (Å²) in [5, 5.41) is 12.2. The van der Waals surface area contributed by atoms with E-state index in [9.17, 15) is 4.79 Å². The fourth-order valence-electron chi connectivity index (χ4n) is 1.05. The number of aryl methyl sites for hydroxylation is 1. The van der Waals surface area contributed by atoms with Gasteiger partial charge in [0, 0.05) is 20.1 Å². The molecule has 0 fully saturated rings. The van der Waals surface area contributed by atoms with E-state index in [1.165, 1.54) is 11.8 Å². The Hall–Kier alpha value is -1.08. The fraction of sp³-hybridized carbons (Fsp3) is 0.667. The smallest absolute Gasteiger partial charge is 0.313 e. The Morgan fingerprint density at radius 1 is 1.62 bits per heavy atom. The van der Waals surface area contributed by atoms with Crippen LogP contribution < -0.4 is 0 Å². The summed E-state index contributed by atoms with van der Waals surface area (Å²) in [6.07, 6.45) is 1.55. The number of rotatable bonds is 8. The first-order chi connectivity index (χ1) is 7.72. The number of methoxy groups -OCH3 is 1. The standard InChI is InChI=1S/C9H14N2O4S/c1-14-4-2-3-7-10-8(15-11-7)5-16-6-9(12)13/h2-6H2,1H3,(H,12,13). The highest BCUT2D eigenvalue weighted by Crippen LogP contribution is 2.10. The Labute approximate surface area is 97.4 Å². The van der Waals surface area contributed by atoms with Crippen LogP contribution in [-0.4, -0.2) is 40.7 Å². The van der Waals surface area contributed by atoms with Crippen LogP contribution in [0.5, 0.6) is 0 Å². The van der Waals surface area contributed by atoms with Gasteiger partial charge in [0.25, 0.3) is 0 Å². The number of hydrogen-bond donors (Lipinski definition) is 1. The van der Waals surface area contributed by atoms with Crippen LogP contribution in [0, 0.1) is 0 Å². The maximum absolute atomic E-state index is 10.3. The van der Waals surface area contributed by atoms with Gasteiger partial charge in [0.2, 0.25) is 5.89 Å². The molecule has 1 heterocycles. The molecule has 0 atom stereocenters. The highest BCUT2D eigenvalue weighted by atomic mass is 32.2.